The van der Waals surface area contributed by atoms with Crippen LogP contribution in [0.2, 0.25) is 15.1 Å². The smallest absolute Gasteiger partial charge is 0.282 e. The molecule has 1 aromatic heterocycles. The zero-order valence-corrected chi connectivity index (χ0v) is 20.6. The van der Waals surface area contributed by atoms with Gasteiger partial charge in [0.1, 0.15) is 5.56 Å². The molecular weight excluding hydrogens is 485 g/mol. The van der Waals surface area contributed by atoms with Gasteiger partial charge in [0.2, 0.25) is 0 Å². The number of nitrogens with zero attached hydrogens (tertiary/aromatic N) is 2. The quantitative estimate of drug-likeness (QED) is 0.370. The summed E-state index contributed by atoms with van der Waals surface area (Å²) in [6, 6.07) is 11.4. The van der Waals surface area contributed by atoms with Gasteiger partial charge in [-0.05, 0) is 49.2 Å². The van der Waals surface area contributed by atoms with Gasteiger partial charge < -0.3 is 4.90 Å². The molecule has 0 saturated carbocycles. The number of aryl methyl sites for hydroxylation is 1. The maximum absolute atomic E-state index is 13.3. The molecule has 1 amide bonds. The lowest BCUT2D eigenvalue weighted by Crippen LogP contribution is -2.38. The summed E-state index contributed by atoms with van der Waals surface area (Å²) in [5.74, 6) is -0.832. The first kappa shape index (κ1) is 25.1. The van der Waals surface area contributed by atoms with E-state index in [9.17, 15) is 14.4 Å². The highest BCUT2D eigenvalue weighted by Crippen LogP contribution is 2.23. The largest absolute Gasteiger partial charge is 0.331 e. The number of hydrogen-bond acceptors (Lipinski definition) is 3. The Morgan fingerprint density at radius 3 is 2.36 bits per heavy atom. The molecule has 1 heterocycles. The van der Waals surface area contributed by atoms with Gasteiger partial charge >= 0.3 is 0 Å². The number of ketones is 1. The van der Waals surface area contributed by atoms with Gasteiger partial charge in [-0.1, -0.05) is 61.1 Å². The fraction of sp³-hybridized carbons (Fsp3) is 0.292. The lowest BCUT2D eigenvalue weighted by Gasteiger charge is -2.22. The van der Waals surface area contributed by atoms with E-state index in [1.165, 1.54) is 21.7 Å². The standard InChI is InChI=1S/C24H24Cl3N3O3/c1-3-6-20-22(24(33)30(28-20)17-8-5-7-15(25)12-17)21(31)14-29(11-4-2)23(32)18-10-9-16(26)13-19(18)27/h5,7-10,12-13,28H,3-4,6,11,14H2,1-2H3. The number of aromatic nitrogens is 2. The van der Waals surface area contributed by atoms with Crippen molar-refractivity contribution in [1.82, 2.24) is 14.7 Å². The molecule has 0 fully saturated rings. The van der Waals surface area contributed by atoms with Gasteiger partial charge in [0.05, 0.1) is 22.8 Å². The summed E-state index contributed by atoms with van der Waals surface area (Å²) in [5, 5.41) is 4.13. The third kappa shape index (κ3) is 5.69. The first-order chi connectivity index (χ1) is 15.8. The normalized spacial score (nSPS) is 10.9. The van der Waals surface area contributed by atoms with Crippen molar-refractivity contribution >= 4 is 46.5 Å². The van der Waals surface area contributed by atoms with Gasteiger partial charge in [0, 0.05) is 22.3 Å². The van der Waals surface area contributed by atoms with Crippen LogP contribution >= 0.6 is 34.8 Å². The number of amides is 1. The molecule has 0 aliphatic carbocycles. The maximum Gasteiger partial charge on any atom is 0.282 e. The fourth-order valence-electron chi connectivity index (χ4n) is 3.61. The molecule has 0 atom stereocenters. The van der Waals surface area contributed by atoms with Crippen molar-refractivity contribution in [3.05, 3.63) is 84.7 Å². The average Bonchev–Trinajstić information content (AvgIpc) is 3.09. The van der Waals surface area contributed by atoms with Crippen molar-refractivity contribution < 1.29 is 9.59 Å². The van der Waals surface area contributed by atoms with Crippen LogP contribution in [0.5, 0.6) is 0 Å². The molecule has 33 heavy (non-hydrogen) atoms. The molecule has 1 N–H and O–H groups in total. The van der Waals surface area contributed by atoms with E-state index in [4.69, 9.17) is 34.8 Å². The van der Waals surface area contributed by atoms with Crippen LogP contribution in [0.3, 0.4) is 0 Å². The summed E-state index contributed by atoms with van der Waals surface area (Å²) >= 11 is 18.2. The number of carbonyl (C=O) groups is 2. The number of rotatable bonds is 9. The molecule has 6 nitrogen and oxygen atoms in total. The van der Waals surface area contributed by atoms with Crippen LogP contribution in [-0.4, -0.2) is 39.5 Å². The van der Waals surface area contributed by atoms with E-state index in [1.807, 2.05) is 13.8 Å². The van der Waals surface area contributed by atoms with Crippen LogP contribution in [0.25, 0.3) is 5.69 Å². The molecule has 0 unspecified atom stereocenters. The first-order valence-corrected chi connectivity index (χ1v) is 11.8. The van der Waals surface area contributed by atoms with Crippen molar-refractivity contribution in [3.8, 4) is 5.69 Å². The van der Waals surface area contributed by atoms with E-state index in [1.54, 1.807) is 30.3 Å². The first-order valence-electron chi connectivity index (χ1n) is 10.6. The Kier molecular flexibility index (Phi) is 8.40. The third-order valence-corrected chi connectivity index (χ3v) is 5.87. The Labute approximate surface area is 207 Å². The number of carbonyl (C=O) groups excluding carboxylic acids is 2. The van der Waals surface area contributed by atoms with Crippen LogP contribution in [0.4, 0.5) is 0 Å². The number of hydrogen-bond donors (Lipinski definition) is 1. The Balaban J connectivity index is 1.97. The van der Waals surface area contributed by atoms with Crippen LogP contribution in [-0.2, 0) is 6.42 Å². The Hall–Kier alpha value is -2.54. The number of halogens is 3. The monoisotopic (exact) mass is 507 g/mol. The average molecular weight is 509 g/mol. The molecule has 0 bridgehead atoms. The molecule has 0 spiro atoms. The molecule has 9 heteroatoms. The fourth-order valence-corrected chi connectivity index (χ4v) is 4.28. The SMILES string of the molecule is CCCc1[nH]n(-c2cccc(Cl)c2)c(=O)c1C(=O)CN(CCC)C(=O)c1ccc(Cl)cc1Cl. The van der Waals surface area contributed by atoms with E-state index < -0.39 is 17.2 Å². The lowest BCUT2D eigenvalue weighted by molar-refractivity contribution is 0.0709. The topological polar surface area (TPSA) is 75.2 Å². The molecular formula is C24H24Cl3N3O3. The summed E-state index contributed by atoms with van der Waals surface area (Å²) < 4.78 is 1.31. The zero-order chi connectivity index (χ0) is 24.1. The van der Waals surface area contributed by atoms with Crippen molar-refractivity contribution in [3.63, 3.8) is 0 Å². The molecule has 3 rings (SSSR count). The number of nitrogens with one attached hydrogen (secondary N) is 1. The number of H-pyrrole nitrogens is 1. The summed E-state index contributed by atoms with van der Waals surface area (Å²) in [6.45, 7) is 3.95. The number of aromatic amines is 1. The molecule has 0 aliphatic rings. The highest BCUT2D eigenvalue weighted by molar-refractivity contribution is 6.36. The lowest BCUT2D eigenvalue weighted by atomic mass is 10.1. The van der Waals surface area contributed by atoms with E-state index in [2.05, 4.69) is 5.10 Å². The summed E-state index contributed by atoms with van der Waals surface area (Å²) in [6.07, 6.45) is 1.87. The Morgan fingerprint density at radius 2 is 1.73 bits per heavy atom. The van der Waals surface area contributed by atoms with Gasteiger partial charge in [-0.25, -0.2) is 4.68 Å². The minimum atomic E-state index is -0.473. The molecule has 0 saturated heterocycles. The van der Waals surface area contributed by atoms with E-state index >= 15 is 0 Å². The van der Waals surface area contributed by atoms with Gasteiger partial charge in [-0.3, -0.25) is 19.5 Å². The van der Waals surface area contributed by atoms with Crippen molar-refractivity contribution in [2.45, 2.75) is 33.1 Å². The Bertz CT molecular complexity index is 1230. The second-order valence-electron chi connectivity index (χ2n) is 7.61. The van der Waals surface area contributed by atoms with Crippen molar-refractivity contribution in [2.24, 2.45) is 0 Å². The predicted octanol–water partition coefficient (Wildman–Crippen LogP) is 5.81. The van der Waals surface area contributed by atoms with Gasteiger partial charge in [0.15, 0.2) is 5.78 Å². The molecule has 0 radical (unpaired) electrons. The van der Waals surface area contributed by atoms with E-state index in [0.29, 0.717) is 40.8 Å². The minimum absolute atomic E-state index is 0.0490. The summed E-state index contributed by atoms with van der Waals surface area (Å²) in [5.41, 5.74) is 0.882. The third-order valence-electron chi connectivity index (χ3n) is 5.09. The van der Waals surface area contributed by atoms with Crippen LogP contribution < -0.4 is 5.56 Å². The van der Waals surface area contributed by atoms with Crippen molar-refractivity contribution in [2.75, 3.05) is 13.1 Å². The molecule has 0 aliphatic heterocycles. The molecule has 174 valence electrons. The second kappa shape index (κ2) is 11.1. The predicted molar refractivity (Wildman–Crippen MR) is 132 cm³/mol. The molecule has 3 aromatic rings. The van der Waals surface area contributed by atoms with Crippen LogP contribution in [0.1, 0.15) is 53.1 Å². The van der Waals surface area contributed by atoms with Crippen LogP contribution in [0, 0.1) is 0 Å². The van der Waals surface area contributed by atoms with Crippen LogP contribution in [0.15, 0.2) is 47.3 Å². The summed E-state index contributed by atoms with van der Waals surface area (Å²) in [4.78, 5) is 41.1. The second-order valence-corrected chi connectivity index (χ2v) is 8.89. The van der Waals surface area contributed by atoms with E-state index in [0.717, 1.165) is 6.42 Å². The number of benzene rings is 2. The van der Waals surface area contributed by atoms with Gasteiger partial charge in [-0.15, -0.1) is 0 Å². The summed E-state index contributed by atoms with van der Waals surface area (Å²) in [7, 11) is 0. The molecule has 2 aromatic carbocycles. The Morgan fingerprint density at radius 1 is 1.00 bits per heavy atom. The minimum Gasteiger partial charge on any atom is -0.331 e. The maximum atomic E-state index is 13.3. The zero-order valence-electron chi connectivity index (χ0n) is 18.3. The van der Waals surface area contributed by atoms with Gasteiger partial charge in [-0.2, -0.15) is 0 Å². The van der Waals surface area contributed by atoms with Crippen molar-refractivity contribution in [1.29, 1.82) is 0 Å². The number of Topliss-reactive ketones (excluding diaryl/α,β-unsaturated/α-hetero) is 1. The highest BCUT2D eigenvalue weighted by atomic mass is 35.5. The highest BCUT2D eigenvalue weighted by Gasteiger charge is 2.26. The van der Waals surface area contributed by atoms with E-state index in [-0.39, 0.29) is 22.7 Å². The van der Waals surface area contributed by atoms with Gasteiger partial charge in [0.25, 0.3) is 11.5 Å².